The van der Waals surface area contributed by atoms with Gasteiger partial charge in [0.05, 0.1) is 18.8 Å². The molecule has 1 aromatic heterocycles. The molecule has 2 aromatic rings. The van der Waals surface area contributed by atoms with Crippen molar-refractivity contribution in [2.45, 2.75) is 56.8 Å². The van der Waals surface area contributed by atoms with Gasteiger partial charge >= 0.3 is 19.4 Å². The van der Waals surface area contributed by atoms with Crippen molar-refractivity contribution in [3.8, 4) is 5.75 Å². The van der Waals surface area contributed by atoms with Crippen molar-refractivity contribution in [2.75, 3.05) is 12.3 Å². The summed E-state index contributed by atoms with van der Waals surface area (Å²) in [6.07, 6.45) is -2.12. The first-order valence-electron chi connectivity index (χ1n) is 10.7. The molecule has 3 N–H and O–H groups in total. The fourth-order valence-corrected chi connectivity index (χ4v) is 5.07. The van der Waals surface area contributed by atoms with Crippen LogP contribution in [0.5, 0.6) is 5.75 Å². The Balaban J connectivity index is 1.74. The fourth-order valence-electron chi connectivity index (χ4n) is 3.22. The van der Waals surface area contributed by atoms with Gasteiger partial charge in [-0.25, -0.2) is 13.8 Å². The second-order valence-electron chi connectivity index (χ2n) is 8.15. The lowest BCUT2D eigenvalue weighted by Crippen LogP contribution is -2.36. The number of para-hydroxylation sites is 1. The molecule has 1 saturated heterocycles. The number of carbonyl (C=O) groups is 1. The Morgan fingerprint density at radius 3 is 2.69 bits per heavy atom. The van der Waals surface area contributed by atoms with Gasteiger partial charge in [-0.3, -0.25) is 13.9 Å². The summed E-state index contributed by atoms with van der Waals surface area (Å²) >= 11 is 5.99. The van der Waals surface area contributed by atoms with E-state index in [0.717, 1.165) is 4.57 Å². The Morgan fingerprint density at radius 1 is 1.37 bits per heavy atom. The Labute approximate surface area is 206 Å². The number of ether oxygens (including phenoxy) is 2. The number of nitrogens with one attached hydrogen (secondary N) is 1. The predicted octanol–water partition coefficient (Wildman–Crippen LogP) is 3.15. The Morgan fingerprint density at radius 2 is 2.06 bits per heavy atom. The standard InChI is InChI=1S/C21H27ClFN4O7P/c1-13(2)32-18(28)14(3)26-35(30,34-15-7-5-4-6-8-15)31-12-16-11-21(22,23)19(33-16)27-10-9-17(24)25-20(27)29/h4-10,13-14,16,19H,11-12H2,1-3H3,(H,26,30)(H2,24,25,29). The van der Waals surface area contributed by atoms with E-state index in [-0.39, 0.29) is 11.6 Å². The molecule has 0 bridgehead atoms. The monoisotopic (exact) mass is 532 g/mol. The van der Waals surface area contributed by atoms with Crippen LogP contribution in [0.2, 0.25) is 0 Å². The van der Waals surface area contributed by atoms with Gasteiger partial charge in [0.2, 0.25) is 5.13 Å². The summed E-state index contributed by atoms with van der Waals surface area (Å²) in [6, 6.07) is 8.37. The first-order chi connectivity index (χ1) is 16.4. The maximum Gasteiger partial charge on any atom is 0.459 e. The van der Waals surface area contributed by atoms with Crippen LogP contribution in [-0.4, -0.2) is 45.5 Å². The van der Waals surface area contributed by atoms with E-state index in [1.165, 1.54) is 19.2 Å². The summed E-state index contributed by atoms with van der Waals surface area (Å²) in [6.45, 7) is 4.34. The van der Waals surface area contributed by atoms with Crippen LogP contribution in [0.4, 0.5) is 10.2 Å². The molecule has 14 heteroatoms. The average Bonchev–Trinajstić information content (AvgIpc) is 3.06. The van der Waals surface area contributed by atoms with Gasteiger partial charge in [-0.05, 0) is 39.0 Å². The molecule has 3 rings (SSSR count). The number of hydrogen-bond donors (Lipinski definition) is 2. The average molecular weight is 533 g/mol. The summed E-state index contributed by atoms with van der Waals surface area (Å²) in [5.41, 5.74) is 4.62. The molecular formula is C21H27ClFN4O7P. The van der Waals surface area contributed by atoms with Crippen molar-refractivity contribution in [1.29, 1.82) is 0 Å². The van der Waals surface area contributed by atoms with Crippen molar-refractivity contribution >= 4 is 31.1 Å². The van der Waals surface area contributed by atoms with E-state index < -0.39 is 62.0 Å². The molecule has 192 valence electrons. The summed E-state index contributed by atoms with van der Waals surface area (Å²) in [5.74, 6) is -0.510. The van der Waals surface area contributed by atoms with E-state index in [1.54, 1.807) is 44.2 Å². The van der Waals surface area contributed by atoms with Gasteiger partial charge in [0.1, 0.15) is 17.6 Å². The van der Waals surface area contributed by atoms with Crippen molar-refractivity contribution in [2.24, 2.45) is 0 Å². The number of halogens is 2. The number of nitrogens with zero attached hydrogens (tertiary/aromatic N) is 2. The third-order valence-corrected chi connectivity index (χ3v) is 6.73. The molecule has 1 aromatic carbocycles. The van der Waals surface area contributed by atoms with Gasteiger partial charge in [0, 0.05) is 12.6 Å². The van der Waals surface area contributed by atoms with Gasteiger partial charge in [-0.2, -0.15) is 10.1 Å². The zero-order valence-corrected chi connectivity index (χ0v) is 20.9. The first-order valence-corrected chi connectivity index (χ1v) is 12.7. The number of nitrogen functional groups attached to an aromatic ring is 1. The van der Waals surface area contributed by atoms with Crippen LogP contribution in [0.3, 0.4) is 0 Å². The molecule has 0 radical (unpaired) electrons. The Bertz CT molecular complexity index is 1130. The van der Waals surface area contributed by atoms with Crippen molar-refractivity contribution in [1.82, 2.24) is 14.6 Å². The third-order valence-electron chi connectivity index (χ3n) is 4.74. The van der Waals surface area contributed by atoms with E-state index in [0.29, 0.717) is 0 Å². The van der Waals surface area contributed by atoms with Crippen LogP contribution in [-0.2, 0) is 23.4 Å². The molecule has 0 amide bonds. The van der Waals surface area contributed by atoms with Crippen LogP contribution in [0.25, 0.3) is 0 Å². The summed E-state index contributed by atoms with van der Waals surface area (Å²) < 4.78 is 51.2. The van der Waals surface area contributed by atoms with E-state index in [4.69, 9.17) is 35.9 Å². The molecule has 5 unspecified atom stereocenters. The second kappa shape index (κ2) is 11.0. The highest BCUT2D eigenvalue weighted by molar-refractivity contribution is 7.52. The van der Waals surface area contributed by atoms with Crippen molar-refractivity contribution in [3.63, 3.8) is 0 Å². The quantitative estimate of drug-likeness (QED) is 0.266. The number of alkyl halides is 2. The minimum Gasteiger partial charge on any atom is -0.462 e. The van der Waals surface area contributed by atoms with Gasteiger partial charge in [0.15, 0.2) is 6.23 Å². The Hall–Kier alpha value is -2.50. The van der Waals surface area contributed by atoms with Crippen LogP contribution in [0, 0.1) is 0 Å². The molecule has 1 aliphatic heterocycles. The Kier molecular flexibility index (Phi) is 8.55. The van der Waals surface area contributed by atoms with Crippen LogP contribution < -0.4 is 21.0 Å². The smallest absolute Gasteiger partial charge is 0.459 e. The summed E-state index contributed by atoms with van der Waals surface area (Å²) in [7, 11) is -4.19. The number of anilines is 1. The number of aromatic nitrogens is 2. The van der Waals surface area contributed by atoms with Gasteiger partial charge in [-0.15, -0.1) is 0 Å². The normalized spacial score (nSPS) is 24.6. The molecule has 1 fully saturated rings. The molecule has 2 heterocycles. The zero-order valence-electron chi connectivity index (χ0n) is 19.3. The van der Waals surface area contributed by atoms with Crippen molar-refractivity contribution in [3.05, 3.63) is 53.1 Å². The molecule has 0 spiro atoms. The predicted molar refractivity (Wildman–Crippen MR) is 126 cm³/mol. The maximum atomic E-state index is 15.1. The number of carbonyl (C=O) groups excluding carboxylic acids is 1. The maximum absolute atomic E-state index is 15.1. The molecule has 11 nitrogen and oxygen atoms in total. The minimum absolute atomic E-state index is 0.0432. The topological polar surface area (TPSA) is 144 Å². The summed E-state index contributed by atoms with van der Waals surface area (Å²) in [4.78, 5) is 27.9. The highest BCUT2D eigenvalue weighted by Gasteiger charge is 2.50. The molecule has 0 saturated carbocycles. The molecule has 1 aliphatic rings. The second-order valence-corrected chi connectivity index (χ2v) is 10.5. The van der Waals surface area contributed by atoms with Gasteiger partial charge in [-0.1, -0.05) is 29.8 Å². The van der Waals surface area contributed by atoms with E-state index in [9.17, 15) is 14.2 Å². The number of esters is 1. The molecule has 35 heavy (non-hydrogen) atoms. The minimum atomic E-state index is -4.19. The fraction of sp³-hybridized carbons (Fsp3) is 0.476. The van der Waals surface area contributed by atoms with E-state index in [1.807, 2.05) is 0 Å². The van der Waals surface area contributed by atoms with E-state index in [2.05, 4.69) is 10.1 Å². The van der Waals surface area contributed by atoms with Gasteiger partial charge in [0.25, 0.3) is 0 Å². The molecule has 5 atom stereocenters. The van der Waals surface area contributed by atoms with Gasteiger partial charge < -0.3 is 19.7 Å². The van der Waals surface area contributed by atoms with Crippen molar-refractivity contribution < 1.29 is 32.3 Å². The lowest BCUT2D eigenvalue weighted by atomic mass is 10.2. The SMILES string of the molecule is CC(C)OC(=O)C(C)NP(=O)(OCC1CC(F)(Cl)C(n2ccc(N)nc2=O)O1)Oc1ccccc1. The lowest BCUT2D eigenvalue weighted by molar-refractivity contribution is -0.149. The van der Waals surface area contributed by atoms with E-state index >= 15 is 4.39 Å². The highest BCUT2D eigenvalue weighted by atomic mass is 35.5. The molecular weight excluding hydrogens is 506 g/mol. The first kappa shape index (κ1) is 27.1. The number of nitrogens with two attached hydrogens (primary N) is 1. The number of benzene rings is 1. The van der Waals surface area contributed by atoms with Crippen LogP contribution in [0.1, 0.15) is 33.4 Å². The molecule has 0 aliphatic carbocycles. The zero-order chi connectivity index (χ0) is 25.8. The largest absolute Gasteiger partial charge is 0.462 e. The number of rotatable bonds is 10. The van der Waals surface area contributed by atoms with Crippen LogP contribution >= 0.6 is 19.3 Å². The third kappa shape index (κ3) is 7.25. The summed E-state index contributed by atoms with van der Waals surface area (Å²) in [5, 5.41) is 0.0407. The number of hydrogen-bond acceptors (Lipinski definition) is 9. The lowest BCUT2D eigenvalue weighted by Gasteiger charge is -2.24. The van der Waals surface area contributed by atoms with Crippen LogP contribution in [0.15, 0.2) is 47.4 Å². The highest BCUT2D eigenvalue weighted by Crippen LogP contribution is 2.48.